The number of hydrogen-bond donors (Lipinski definition) is 0. The maximum atomic E-state index is 7.24. The van der Waals surface area contributed by atoms with Gasteiger partial charge in [0.1, 0.15) is 17.2 Å². The third kappa shape index (κ3) is 5.25. The molecule has 0 saturated carbocycles. The van der Waals surface area contributed by atoms with Crippen molar-refractivity contribution in [3.8, 4) is 57.5 Å². The summed E-state index contributed by atoms with van der Waals surface area (Å²) in [5, 5.41) is 0. The molecule has 5 aliphatic heterocycles. The van der Waals surface area contributed by atoms with Crippen LogP contribution >= 0.6 is 0 Å². The molecule has 0 radical (unpaired) electrons. The van der Waals surface area contributed by atoms with E-state index in [1.807, 2.05) is 24.3 Å². The first-order chi connectivity index (χ1) is 23.9. The molecule has 256 valence electrons. The SMILES string of the molecule is COc1ccc2c(c1)Oc1ccc(cc1)C[C@H]1c3c(c(OC)c4c(c3Oc3c5c(cc(OC)c3OC)[C@H](C2)N(C)CC5)OCO4)CCN1C. The van der Waals surface area contributed by atoms with E-state index in [1.165, 1.54) is 0 Å². The van der Waals surface area contributed by atoms with Gasteiger partial charge in [0, 0.05) is 47.9 Å². The van der Waals surface area contributed by atoms with Gasteiger partial charge < -0.3 is 37.9 Å². The molecule has 4 aromatic carbocycles. The van der Waals surface area contributed by atoms with E-state index in [2.05, 4.69) is 48.2 Å². The van der Waals surface area contributed by atoms with Crippen LogP contribution in [-0.4, -0.2) is 72.2 Å². The van der Waals surface area contributed by atoms with Crippen molar-refractivity contribution in [2.45, 2.75) is 37.8 Å². The lowest BCUT2D eigenvalue weighted by Gasteiger charge is -2.38. The number of rotatable bonds is 4. The minimum Gasteiger partial charge on any atom is -0.497 e. The Balaban J connectivity index is 1.41. The highest BCUT2D eigenvalue weighted by Gasteiger charge is 2.40. The molecule has 10 heteroatoms. The van der Waals surface area contributed by atoms with Crippen molar-refractivity contribution in [3.05, 3.63) is 81.9 Å². The predicted octanol–water partition coefficient (Wildman–Crippen LogP) is 6.89. The topological polar surface area (TPSA) is 80.3 Å². The lowest BCUT2D eigenvalue weighted by Crippen LogP contribution is -2.34. The van der Waals surface area contributed by atoms with Crippen molar-refractivity contribution in [1.82, 2.24) is 9.80 Å². The Bertz CT molecular complexity index is 1910. The molecule has 0 aliphatic carbocycles. The van der Waals surface area contributed by atoms with Gasteiger partial charge in [-0.05, 0) is 80.7 Å². The molecule has 2 atom stereocenters. The first-order valence-electron chi connectivity index (χ1n) is 16.7. The summed E-state index contributed by atoms with van der Waals surface area (Å²) in [5.41, 5.74) is 6.51. The second kappa shape index (κ2) is 12.6. The summed E-state index contributed by atoms with van der Waals surface area (Å²) < 4.78 is 49.9. The van der Waals surface area contributed by atoms with Gasteiger partial charge >= 0.3 is 0 Å². The molecule has 9 rings (SSSR count). The van der Waals surface area contributed by atoms with E-state index in [0.717, 1.165) is 83.0 Å². The number of likely N-dealkylation sites (N-methyl/N-ethyl adjacent to an activating group) is 2. The Labute approximate surface area is 286 Å². The number of ether oxygens (including phenoxy) is 8. The average molecular weight is 667 g/mol. The maximum Gasteiger partial charge on any atom is 0.231 e. The van der Waals surface area contributed by atoms with E-state index in [0.29, 0.717) is 46.7 Å². The van der Waals surface area contributed by atoms with Gasteiger partial charge in [0.2, 0.25) is 24.0 Å². The summed E-state index contributed by atoms with van der Waals surface area (Å²) in [6, 6.07) is 16.5. The first-order valence-corrected chi connectivity index (χ1v) is 16.7. The van der Waals surface area contributed by atoms with Crippen LogP contribution in [0.25, 0.3) is 0 Å². The predicted molar refractivity (Wildman–Crippen MR) is 184 cm³/mol. The average Bonchev–Trinajstić information content (AvgIpc) is 3.61. The Kier molecular flexibility index (Phi) is 8.08. The molecular weight excluding hydrogens is 624 g/mol. The molecule has 0 unspecified atom stereocenters. The van der Waals surface area contributed by atoms with Gasteiger partial charge in [0.05, 0.1) is 28.4 Å². The number of benzene rings is 4. The van der Waals surface area contributed by atoms with E-state index in [1.54, 1.807) is 28.4 Å². The number of nitrogens with zero attached hydrogens (tertiary/aromatic N) is 2. The van der Waals surface area contributed by atoms with Gasteiger partial charge in [0.15, 0.2) is 23.0 Å². The van der Waals surface area contributed by atoms with Crippen LogP contribution in [0, 0.1) is 0 Å². The second-order valence-corrected chi connectivity index (χ2v) is 13.1. The van der Waals surface area contributed by atoms with Gasteiger partial charge in [-0.15, -0.1) is 0 Å². The molecule has 5 heterocycles. The molecule has 0 spiro atoms. The van der Waals surface area contributed by atoms with Crippen molar-refractivity contribution in [2.75, 3.05) is 62.4 Å². The quantitative estimate of drug-likeness (QED) is 0.230. The molecule has 49 heavy (non-hydrogen) atoms. The van der Waals surface area contributed by atoms with Gasteiger partial charge in [-0.2, -0.15) is 0 Å². The molecule has 0 aromatic heterocycles. The number of methoxy groups -OCH3 is 4. The zero-order chi connectivity index (χ0) is 33.8. The largest absolute Gasteiger partial charge is 0.497 e. The normalized spacial score (nSPS) is 19.6. The molecule has 0 saturated heterocycles. The van der Waals surface area contributed by atoms with Crippen molar-refractivity contribution in [2.24, 2.45) is 0 Å². The first kappa shape index (κ1) is 31.5. The summed E-state index contributed by atoms with van der Waals surface area (Å²) >= 11 is 0. The third-order valence-corrected chi connectivity index (χ3v) is 10.5. The Morgan fingerprint density at radius 1 is 0.653 bits per heavy atom. The highest BCUT2D eigenvalue weighted by atomic mass is 16.7. The molecule has 5 aliphatic rings. The summed E-state index contributed by atoms with van der Waals surface area (Å²) in [6.07, 6.45) is 2.95. The summed E-state index contributed by atoms with van der Waals surface area (Å²) in [7, 11) is 11.0. The van der Waals surface area contributed by atoms with Crippen LogP contribution in [0.4, 0.5) is 0 Å². The zero-order valence-corrected chi connectivity index (χ0v) is 28.9. The summed E-state index contributed by atoms with van der Waals surface area (Å²) in [4.78, 5) is 4.76. The van der Waals surface area contributed by atoms with E-state index >= 15 is 0 Å². The molecule has 0 amide bonds. The van der Waals surface area contributed by atoms with Crippen molar-refractivity contribution < 1.29 is 37.9 Å². The number of fused-ring (bicyclic) bond motifs is 3. The fraction of sp³-hybridized carbons (Fsp3) is 0.385. The fourth-order valence-corrected chi connectivity index (χ4v) is 7.88. The van der Waals surface area contributed by atoms with Crippen LogP contribution in [0.2, 0.25) is 0 Å². The van der Waals surface area contributed by atoms with Gasteiger partial charge in [-0.3, -0.25) is 9.80 Å². The summed E-state index contributed by atoms with van der Waals surface area (Å²) in [6.45, 7) is 1.75. The van der Waals surface area contributed by atoms with Crippen LogP contribution in [0.1, 0.15) is 45.5 Å². The van der Waals surface area contributed by atoms with Gasteiger partial charge in [0.25, 0.3) is 0 Å². The van der Waals surface area contributed by atoms with E-state index in [4.69, 9.17) is 37.9 Å². The minimum atomic E-state index is -0.0408. The second-order valence-electron chi connectivity index (χ2n) is 13.1. The third-order valence-electron chi connectivity index (χ3n) is 10.5. The molecule has 4 aromatic rings. The van der Waals surface area contributed by atoms with Crippen molar-refractivity contribution in [1.29, 1.82) is 0 Å². The number of hydrogen-bond acceptors (Lipinski definition) is 10. The Morgan fingerprint density at radius 2 is 1.39 bits per heavy atom. The van der Waals surface area contributed by atoms with Crippen LogP contribution in [0.5, 0.6) is 57.5 Å². The maximum absolute atomic E-state index is 7.24. The van der Waals surface area contributed by atoms with E-state index in [9.17, 15) is 0 Å². The highest BCUT2D eigenvalue weighted by molar-refractivity contribution is 5.72. The van der Waals surface area contributed by atoms with E-state index < -0.39 is 0 Å². The van der Waals surface area contributed by atoms with Crippen LogP contribution in [0.15, 0.2) is 48.5 Å². The monoisotopic (exact) mass is 666 g/mol. The molecule has 0 N–H and O–H groups in total. The summed E-state index contributed by atoms with van der Waals surface area (Å²) in [5.74, 6) is 6.50. The van der Waals surface area contributed by atoms with Gasteiger partial charge in [-0.25, -0.2) is 0 Å². The molecular formula is C39H42N2O8. The van der Waals surface area contributed by atoms with Crippen LogP contribution < -0.4 is 37.9 Å². The van der Waals surface area contributed by atoms with Crippen molar-refractivity contribution in [3.63, 3.8) is 0 Å². The molecule has 10 nitrogen and oxygen atoms in total. The molecule has 6 bridgehead atoms. The highest BCUT2D eigenvalue weighted by Crippen LogP contribution is 2.59. The van der Waals surface area contributed by atoms with Gasteiger partial charge in [-0.1, -0.05) is 18.2 Å². The van der Waals surface area contributed by atoms with E-state index in [-0.39, 0.29) is 18.9 Å². The lowest BCUT2D eigenvalue weighted by molar-refractivity contribution is 0.169. The fourth-order valence-electron chi connectivity index (χ4n) is 7.88. The van der Waals surface area contributed by atoms with Crippen LogP contribution in [-0.2, 0) is 25.7 Å². The lowest BCUT2D eigenvalue weighted by atomic mass is 9.86. The Morgan fingerprint density at radius 3 is 2.12 bits per heavy atom. The molecule has 0 fully saturated rings. The minimum absolute atomic E-state index is 0.00586. The van der Waals surface area contributed by atoms with Crippen molar-refractivity contribution >= 4 is 0 Å². The zero-order valence-electron chi connectivity index (χ0n) is 28.9. The smallest absolute Gasteiger partial charge is 0.231 e. The van der Waals surface area contributed by atoms with Crippen LogP contribution in [0.3, 0.4) is 0 Å². The Hall–Kier alpha value is -4.80. The standard InChI is InChI=1S/C39H42N2O8/c1-40-15-13-26-28-20-32(43-4)36(45-6)35(26)49-37-33-27(34(44-5)38-39(37)47-21-46-38)14-16-41(2)30(33)17-22-7-10-24(11-8-22)48-31-19-25(42-3)12-9-23(31)18-29(28)40/h7-12,19-20,29-30H,13-18,21H2,1-6H3/t29-,30-/m0/s1.